The van der Waals surface area contributed by atoms with Crippen LogP contribution in [0.2, 0.25) is 0 Å². The summed E-state index contributed by atoms with van der Waals surface area (Å²) < 4.78 is 0. The van der Waals surface area contributed by atoms with E-state index in [2.05, 4.69) is 60.7 Å². The first-order valence-electron chi connectivity index (χ1n) is 9.94. The molecule has 2 aliphatic carbocycles. The second kappa shape index (κ2) is 7.87. The molecule has 0 nitrogen and oxygen atoms in total. The molecular formula is C25H28. The molecule has 0 unspecified atom stereocenters. The van der Waals surface area contributed by atoms with Gasteiger partial charge >= 0.3 is 0 Å². The van der Waals surface area contributed by atoms with Crippen molar-refractivity contribution in [2.75, 3.05) is 0 Å². The Hall–Kier alpha value is -2.08. The third kappa shape index (κ3) is 3.79. The molecule has 0 heteroatoms. The fourth-order valence-electron chi connectivity index (χ4n) is 4.23. The lowest BCUT2D eigenvalue weighted by atomic mass is 9.80. The largest absolute Gasteiger partial charge is 0.0661 e. The van der Waals surface area contributed by atoms with E-state index in [9.17, 15) is 0 Å². The monoisotopic (exact) mass is 328 g/mol. The number of benzene rings is 2. The molecule has 0 atom stereocenters. The molecule has 2 aromatic carbocycles. The van der Waals surface area contributed by atoms with Crippen molar-refractivity contribution in [2.45, 2.75) is 57.8 Å². The summed E-state index contributed by atoms with van der Waals surface area (Å²) in [6.07, 6.45) is 11.9. The van der Waals surface area contributed by atoms with E-state index in [1.165, 1.54) is 68.9 Å². The molecule has 0 amide bonds. The van der Waals surface area contributed by atoms with Crippen LogP contribution in [0.1, 0.15) is 68.9 Å². The van der Waals surface area contributed by atoms with Crippen molar-refractivity contribution in [1.82, 2.24) is 0 Å². The van der Waals surface area contributed by atoms with Crippen molar-refractivity contribution < 1.29 is 0 Å². The highest BCUT2D eigenvalue weighted by atomic mass is 14.2. The maximum absolute atomic E-state index is 2.27. The SMILES string of the molecule is c1ccc(C2=C(CCCCCC3=C(c4ccccc4)CC3)CC2)cc1. The van der Waals surface area contributed by atoms with Crippen LogP contribution in [0.4, 0.5) is 0 Å². The predicted octanol–water partition coefficient (Wildman–Crippen LogP) is 7.43. The molecule has 2 aromatic rings. The molecule has 0 saturated carbocycles. The molecule has 0 fully saturated rings. The van der Waals surface area contributed by atoms with Gasteiger partial charge in [-0.2, -0.15) is 0 Å². The van der Waals surface area contributed by atoms with E-state index in [1.807, 2.05) is 0 Å². The summed E-state index contributed by atoms with van der Waals surface area (Å²) in [5.74, 6) is 0. The molecule has 0 N–H and O–H groups in total. The van der Waals surface area contributed by atoms with Gasteiger partial charge < -0.3 is 0 Å². The van der Waals surface area contributed by atoms with Gasteiger partial charge in [0, 0.05) is 0 Å². The van der Waals surface area contributed by atoms with Gasteiger partial charge in [0.25, 0.3) is 0 Å². The van der Waals surface area contributed by atoms with Crippen molar-refractivity contribution in [3.8, 4) is 0 Å². The Kier molecular flexibility index (Phi) is 5.16. The van der Waals surface area contributed by atoms with Crippen molar-refractivity contribution in [3.63, 3.8) is 0 Å². The summed E-state index contributed by atoms with van der Waals surface area (Å²) >= 11 is 0. The van der Waals surface area contributed by atoms with E-state index >= 15 is 0 Å². The van der Waals surface area contributed by atoms with Crippen molar-refractivity contribution in [3.05, 3.63) is 82.9 Å². The van der Waals surface area contributed by atoms with Gasteiger partial charge in [-0.25, -0.2) is 0 Å². The van der Waals surface area contributed by atoms with Crippen LogP contribution in [0.25, 0.3) is 11.1 Å². The number of hydrogen-bond acceptors (Lipinski definition) is 0. The van der Waals surface area contributed by atoms with Gasteiger partial charge in [0.15, 0.2) is 0 Å². The lowest BCUT2D eigenvalue weighted by Gasteiger charge is -2.25. The third-order valence-electron chi connectivity index (χ3n) is 5.91. The Morgan fingerprint density at radius 3 is 1.28 bits per heavy atom. The molecule has 4 rings (SSSR count). The first-order chi connectivity index (χ1) is 12.4. The average Bonchev–Trinajstić information content (AvgIpc) is 2.61. The highest BCUT2D eigenvalue weighted by molar-refractivity contribution is 5.74. The molecular weight excluding hydrogens is 300 g/mol. The Morgan fingerprint density at radius 2 is 0.920 bits per heavy atom. The Bertz CT molecular complexity index is 695. The van der Waals surface area contributed by atoms with Gasteiger partial charge in [-0.1, -0.05) is 78.2 Å². The molecule has 0 aliphatic heterocycles. The zero-order valence-electron chi connectivity index (χ0n) is 15.1. The Balaban J connectivity index is 1.23. The number of rotatable bonds is 8. The van der Waals surface area contributed by atoms with E-state index < -0.39 is 0 Å². The van der Waals surface area contributed by atoms with Crippen LogP contribution in [-0.2, 0) is 0 Å². The maximum Gasteiger partial charge on any atom is -0.0225 e. The topological polar surface area (TPSA) is 0 Å². The van der Waals surface area contributed by atoms with Crippen molar-refractivity contribution in [1.29, 1.82) is 0 Å². The lowest BCUT2D eigenvalue weighted by molar-refractivity contribution is 0.636. The standard InChI is InChI=1S/C25H28/c1-4-10-20(11-5-1)24-18-16-22(24)14-8-3-9-15-23-17-19-25(23)21-12-6-2-7-13-21/h1-2,4-7,10-13H,3,8-9,14-19H2. The molecule has 0 bridgehead atoms. The number of unbranched alkanes of at least 4 members (excludes halogenated alkanes) is 2. The minimum absolute atomic E-state index is 1.28. The minimum Gasteiger partial charge on any atom is -0.0661 e. The van der Waals surface area contributed by atoms with Gasteiger partial charge in [-0.05, 0) is 73.6 Å². The molecule has 0 saturated heterocycles. The average molecular weight is 328 g/mol. The van der Waals surface area contributed by atoms with Crippen LogP contribution in [0, 0.1) is 0 Å². The molecule has 0 radical (unpaired) electrons. The van der Waals surface area contributed by atoms with Crippen LogP contribution in [0.15, 0.2) is 71.8 Å². The van der Waals surface area contributed by atoms with Gasteiger partial charge in [-0.3, -0.25) is 0 Å². The Morgan fingerprint density at radius 1 is 0.480 bits per heavy atom. The second-order valence-corrected chi connectivity index (χ2v) is 7.46. The first kappa shape index (κ1) is 16.4. The van der Waals surface area contributed by atoms with Crippen molar-refractivity contribution >= 4 is 11.1 Å². The van der Waals surface area contributed by atoms with Gasteiger partial charge in [0.2, 0.25) is 0 Å². The number of hydrogen-bond donors (Lipinski definition) is 0. The van der Waals surface area contributed by atoms with Crippen LogP contribution < -0.4 is 0 Å². The van der Waals surface area contributed by atoms with Gasteiger partial charge in [0.05, 0.1) is 0 Å². The van der Waals surface area contributed by atoms with Crippen molar-refractivity contribution in [2.24, 2.45) is 0 Å². The van der Waals surface area contributed by atoms with Gasteiger partial charge in [-0.15, -0.1) is 0 Å². The summed E-state index contributed by atoms with van der Waals surface area (Å²) in [7, 11) is 0. The van der Waals surface area contributed by atoms with Crippen LogP contribution in [0.5, 0.6) is 0 Å². The summed E-state index contributed by atoms with van der Waals surface area (Å²) in [5.41, 5.74) is 9.62. The fourth-order valence-corrected chi connectivity index (χ4v) is 4.23. The Labute approximate surface area is 152 Å². The number of allylic oxidation sites excluding steroid dienone is 4. The van der Waals surface area contributed by atoms with Crippen LogP contribution >= 0.6 is 0 Å². The summed E-state index contributed by atoms with van der Waals surface area (Å²) in [4.78, 5) is 0. The van der Waals surface area contributed by atoms with E-state index in [0.717, 1.165) is 0 Å². The molecule has 128 valence electrons. The van der Waals surface area contributed by atoms with E-state index in [0.29, 0.717) is 0 Å². The normalized spacial score (nSPS) is 16.6. The molecule has 0 aromatic heterocycles. The minimum atomic E-state index is 1.28. The van der Waals surface area contributed by atoms with E-state index in [-0.39, 0.29) is 0 Å². The quantitative estimate of drug-likeness (QED) is 0.442. The zero-order chi connectivity index (χ0) is 16.9. The zero-order valence-corrected chi connectivity index (χ0v) is 15.1. The molecule has 25 heavy (non-hydrogen) atoms. The van der Waals surface area contributed by atoms with E-state index in [4.69, 9.17) is 0 Å². The second-order valence-electron chi connectivity index (χ2n) is 7.46. The molecule has 0 heterocycles. The summed E-state index contributed by atoms with van der Waals surface area (Å²) in [5, 5.41) is 0. The third-order valence-corrected chi connectivity index (χ3v) is 5.91. The highest BCUT2D eigenvalue weighted by Gasteiger charge is 2.19. The van der Waals surface area contributed by atoms with Crippen LogP contribution in [-0.4, -0.2) is 0 Å². The fraction of sp³-hybridized carbons (Fsp3) is 0.360. The summed E-state index contributed by atoms with van der Waals surface area (Å²) in [6, 6.07) is 21.9. The van der Waals surface area contributed by atoms with Crippen LogP contribution in [0.3, 0.4) is 0 Å². The smallest absolute Gasteiger partial charge is 0.0225 e. The summed E-state index contributed by atoms with van der Waals surface area (Å²) in [6.45, 7) is 0. The van der Waals surface area contributed by atoms with Gasteiger partial charge in [0.1, 0.15) is 0 Å². The molecule has 0 spiro atoms. The predicted molar refractivity (Wildman–Crippen MR) is 108 cm³/mol. The lowest BCUT2D eigenvalue weighted by Crippen LogP contribution is -2.04. The highest BCUT2D eigenvalue weighted by Crippen LogP contribution is 2.40. The maximum atomic E-state index is 2.27. The first-order valence-corrected chi connectivity index (χ1v) is 9.94. The molecule has 2 aliphatic rings. The van der Waals surface area contributed by atoms with E-state index in [1.54, 1.807) is 22.3 Å².